The molecule has 0 N–H and O–H groups in total. The number of aromatic nitrogens is 2. The van der Waals surface area contributed by atoms with E-state index in [1.165, 1.54) is 36.8 Å². The van der Waals surface area contributed by atoms with Crippen molar-refractivity contribution in [2.45, 2.75) is 26.3 Å². The monoisotopic (exact) mass is 432 g/mol. The van der Waals surface area contributed by atoms with Crippen LogP contribution in [-0.2, 0) is 5.54 Å². The second-order valence-corrected chi connectivity index (χ2v) is 10.3. The topological polar surface area (TPSA) is 17.8 Å². The lowest BCUT2D eigenvalue weighted by Crippen LogP contribution is -2.22. The lowest BCUT2D eigenvalue weighted by atomic mass is 10.00. The normalized spacial score (nSPS) is 12.2. The molecule has 32 heavy (non-hydrogen) atoms. The zero-order chi connectivity index (χ0) is 21.9. The molecule has 2 aromatic heterocycles. The van der Waals surface area contributed by atoms with Crippen molar-refractivity contribution in [2.24, 2.45) is 0 Å². The van der Waals surface area contributed by atoms with E-state index < -0.39 is 0 Å². The van der Waals surface area contributed by atoms with Crippen molar-refractivity contribution < 1.29 is 0 Å². The third-order valence-electron chi connectivity index (χ3n) is 6.07. The Hall–Kier alpha value is -3.43. The molecule has 0 saturated heterocycles. The van der Waals surface area contributed by atoms with Crippen LogP contribution < -0.4 is 0 Å². The predicted octanol–water partition coefficient (Wildman–Crippen LogP) is 8.49. The van der Waals surface area contributed by atoms with E-state index in [9.17, 15) is 0 Å². The average molecular weight is 433 g/mol. The van der Waals surface area contributed by atoms with Crippen LogP contribution in [0.3, 0.4) is 0 Å². The van der Waals surface area contributed by atoms with Gasteiger partial charge in [-0.2, -0.15) is 0 Å². The Kier molecular flexibility index (Phi) is 4.24. The number of para-hydroxylation sites is 2. The molecule has 6 rings (SSSR count). The van der Waals surface area contributed by atoms with Crippen LogP contribution >= 0.6 is 11.3 Å². The molecule has 156 valence electrons. The number of nitrogens with zero attached hydrogens (tertiary/aromatic N) is 2. The van der Waals surface area contributed by atoms with Crippen molar-refractivity contribution in [2.75, 3.05) is 0 Å². The van der Waals surface area contributed by atoms with Crippen molar-refractivity contribution in [1.82, 2.24) is 9.55 Å². The highest BCUT2D eigenvalue weighted by Gasteiger charge is 2.22. The van der Waals surface area contributed by atoms with Gasteiger partial charge in [0, 0.05) is 31.3 Å². The number of hydrogen-bond donors (Lipinski definition) is 0. The molecular formula is C29H24N2S. The minimum Gasteiger partial charge on any atom is -0.319 e. The van der Waals surface area contributed by atoms with Crippen molar-refractivity contribution >= 4 is 42.5 Å². The van der Waals surface area contributed by atoms with Crippen molar-refractivity contribution in [1.29, 1.82) is 0 Å². The predicted molar refractivity (Wildman–Crippen MR) is 138 cm³/mol. The van der Waals surface area contributed by atoms with E-state index in [4.69, 9.17) is 4.98 Å². The van der Waals surface area contributed by atoms with E-state index in [0.717, 1.165) is 16.9 Å². The molecule has 0 spiro atoms. The molecule has 2 heterocycles. The maximum Gasteiger partial charge on any atom is 0.141 e. The van der Waals surface area contributed by atoms with Crippen molar-refractivity contribution in [3.8, 4) is 22.5 Å². The molecule has 0 amide bonds. The Morgan fingerprint density at radius 2 is 1.44 bits per heavy atom. The molecule has 3 heteroatoms. The van der Waals surface area contributed by atoms with Gasteiger partial charge in [0.05, 0.1) is 11.0 Å². The summed E-state index contributed by atoms with van der Waals surface area (Å²) in [6, 6.07) is 32.6. The fourth-order valence-corrected chi connectivity index (χ4v) is 5.94. The van der Waals surface area contributed by atoms with Gasteiger partial charge in [-0.3, -0.25) is 0 Å². The molecule has 0 saturated carbocycles. The fourth-order valence-electron chi connectivity index (χ4n) is 4.70. The Labute approximate surface area is 191 Å². The zero-order valence-corrected chi connectivity index (χ0v) is 19.3. The summed E-state index contributed by atoms with van der Waals surface area (Å²) in [5.41, 5.74) is 5.79. The Balaban J connectivity index is 1.58. The van der Waals surface area contributed by atoms with Gasteiger partial charge in [-0.05, 0) is 56.2 Å². The molecule has 0 radical (unpaired) electrons. The van der Waals surface area contributed by atoms with Crippen molar-refractivity contribution in [3.63, 3.8) is 0 Å². The summed E-state index contributed by atoms with van der Waals surface area (Å²) in [5, 5.41) is 2.66. The summed E-state index contributed by atoms with van der Waals surface area (Å²) < 4.78 is 5.04. The number of imidazole rings is 1. The zero-order valence-electron chi connectivity index (χ0n) is 18.5. The molecule has 0 bridgehead atoms. The minimum absolute atomic E-state index is 0.0765. The first-order chi connectivity index (χ1) is 15.5. The van der Waals surface area contributed by atoms with Gasteiger partial charge < -0.3 is 4.57 Å². The maximum atomic E-state index is 5.05. The van der Waals surface area contributed by atoms with Crippen LogP contribution in [0.1, 0.15) is 20.8 Å². The highest BCUT2D eigenvalue weighted by molar-refractivity contribution is 7.26. The number of benzene rings is 4. The Bertz CT molecular complexity index is 1610. The first kappa shape index (κ1) is 19.3. The number of rotatable bonds is 2. The van der Waals surface area contributed by atoms with E-state index in [-0.39, 0.29) is 5.54 Å². The SMILES string of the molecule is CC(C)(C)n1c(-c2cccc(-c3cccc4c3sc3ccccc34)c2)nc2ccccc21. The van der Waals surface area contributed by atoms with Gasteiger partial charge in [0.1, 0.15) is 5.82 Å². The summed E-state index contributed by atoms with van der Waals surface area (Å²) >= 11 is 1.88. The molecule has 0 unspecified atom stereocenters. The summed E-state index contributed by atoms with van der Waals surface area (Å²) in [7, 11) is 0. The summed E-state index contributed by atoms with van der Waals surface area (Å²) in [6.45, 7) is 6.73. The molecule has 0 atom stereocenters. The molecule has 0 aliphatic rings. The van der Waals surface area contributed by atoms with Crippen molar-refractivity contribution in [3.05, 3.63) is 91.0 Å². The lowest BCUT2D eigenvalue weighted by Gasteiger charge is -2.25. The van der Waals surface area contributed by atoms with Gasteiger partial charge in [-0.15, -0.1) is 11.3 Å². The fraction of sp³-hybridized carbons (Fsp3) is 0.138. The maximum absolute atomic E-state index is 5.05. The first-order valence-corrected chi connectivity index (χ1v) is 11.8. The molecule has 0 aliphatic carbocycles. The van der Waals surface area contributed by atoms with E-state index in [1.54, 1.807) is 0 Å². The van der Waals surface area contributed by atoms with Gasteiger partial charge in [-0.25, -0.2) is 4.98 Å². The van der Waals surface area contributed by atoms with Gasteiger partial charge in [-0.1, -0.05) is 66.7 Å². The molecular weight excluding hydrogens is 408 g/mol. The second-order valence-electron chi connectivity index (χ2n) is 9.29. The molecule has 4 aromatic carbocycles. The highest BCUT2D eigenvalue weighted by Crippen LogP contribution is 2.41. The second kappa shape index (κ2) is 7.04. The van der Waals surface area contributed by atoms with Crippen LogP contribution in [-0.4, -0.2) is 9.55 Å². The van der Waals surface area contributed by atoms with Gasteiger partial charge in [0.25, 0.3) is 0 Å². The van der Waals surface area contributed by atoms with Gasteiger partial charge in [0.2, 0.25) is 0 Å². The van der Waals surface area contributed by atoms with E-state index in [0.29, 0.717) is 0 Å². The third-order valence-corrected chi connectivity index (χ3v) is 7.29. The highest BCUT2D eigenvalue weighted by atomic mass is 32.1. The van der Waals surface area contributed by atoms with Crippen LogP contribution in [0, 0.1) is 0 Å². The van der Waals surface area contributed by atoms with Crippen LogP contribution in [0.5, 0.6) is 0 Å². The van der Waals surface area contributed by atoms with Crippen LogP contribution in [0.2, 0.25) is 0 Å². The van der Waals surface area contributed by atoms with Gasteiger partial charge in [0.15, 0.2) is 0 Å². The number of thiophene rings is 1. The van der Waals surface area contributed by atoms with E-state index in [1.807, 2.05) is 11.3 Å². The van der Waals surface area contributed by atoms with E-state index in [2.05, 4.69) is 116 Å². The number of hydrogen-bond acceptors (Lipinski definition) is 2. The molecule has 6 aromatic rings. The molecule has 0 aliphatic heterocycles. The lowest BCUT2D eigenvalue weighted by molar-refractivity contribution is 0.413. The number of fused-ring (bicyclic) bond motifs is 4. The minimum atomic E-state index is -0.0765. The van der Waals surface area contributed by atoms with E-state index >= 15 is 0 Å². The van der Waals surface area contributed by atoms with Gasteiger partial charge >= 0.3 is 0 Å². The largest absolute Gasteiger partial charge is 0.319 e. The summed E-state index contributed by atoms with van der Waals surface area (Å²) in [6.07, 6.45) is 0. The molecule has 0 fully saturated rings. The standard InChI is InChI=1S/C29H24N2S/c1-29(2,3)31-25-16-6-5-15-24(25)30-28(31)20-11-8-10-19(18-20)21-13-9-14-23-22-12-4-7-17-26(22)32-27(21)23/h4-18H,1-3H3. The summed E-state index contributed by atoms with van der Waals surface area (Å²) in [5.74, 6) is 1.02. The third kappa shape index (κ3) is 2.96. The average Bonchev–Trinajstić information content (AvgIpc) is 3.38. The summed E-state index contributed by atoms with van der Waals surface area (Å²) in [4.78, 5) is 5.05. The first-order valence-electron chi connectivity index (χ1n) is 11.0. The quantitative estimate of drug-likeness (QED) is 0.268. The Morgan fingerprint density at radius 3 is 2.31 bits per heavy atom. The Morgan fingerprint density at radius 1 is 0.719 bits per heavy atom. The van der Waals surface area contributed by atoms with Crippen LogP contribution in [0.4, 0.5) is 0 Å². The molecule has 2 nitrogen and oxygen atoms in total. The van der Waals surface area contributed by atoms with Crippen LogP contribution in [0.15, 0.2) is 91.0 Å². The smallest absolute Gasteiger partial charge is 0.141 e. The van der Waals surface area contributed by atoms with Crippen LogP contribution in [0.25, 0.3) is 53.7 Å².